The van der Waals surface area contributed by atoms with Crippen molar-refractivity contribution in [1.29, 1.82) is 0 Å². The van der Waals surface area contributed by atoms with Crippen LogP contribution in [0.1, 0.15) is 10.4 Å². The fourth-order valence-corrected chi connectivity index (χ4v) is 3.62. The van der Waals surface area contributed by atoms with Crippen LogP contribution in [0.2, 0.25) is 0 Å². The molecule has 1 aromatic heterocycles. The van der Waals surface area contributed by atoms with Crippen molar-refractivity contribution in [3.05, 3.63) is 62.4 Å². The zero-order chi connectivity index (χ0) is 17.1. The third-order valence-electron chi connectivity index (χ3n) is 3.26. The average molecular weight is 468 g/mol. The van der Waals surface area contributed by atoms with Crippen molar-refractivity contribution >= 4 is 54.2 Å². The van der Waals surface area contributed by atoms with E-state index < -0.39 is 0 Å². The van der Waals surface area contributed by atoms with E-state index in [4.69, 9.17) is 4.74 Å². The van der Waals surface area contributed by atoms with Crippen LogP contribution in [0.15, 0.2) is 56.8 Å². The molecule has 0 saturated heterocycles. The molecular weight excluding hydrogens is 456 g/mol. The molecule has 1 N–H and O–H groups in total. The Labute approximate surface area is 160 Å². The lowest BCUT2D eigenvalue weighted by Crippen LogP contribution is -2.12. The number of thiazole rings is 1. The molecule has 0 atom stereocenters. The quantitative estimate of drug-likeness (QED) is 0.543. The Morgan fingerprint density at radius 3 is 2.79 bits per heavy atom. The van der Waals surface area contributed by atoms with E-state index in [-0.39, 0.29) is 5.91 Å². The zero-order valence-corrected chi connectivity index (χ0v) is 16.5. The molecule has 1 amide bonds. The Hall–Kier alpha value is -1.70. The molecule has 7 heteroatoms. The molecule has 0 aliphatic heterocycles. The first-order valence-corrected chi connectivity index (χ1v) is 9.40. The summed E-state index contributed by atoms with van der Waals surface area (Å²) in [6.07, 6.45) is 0. The van der Waals surface area contributed by atoms with Gasteiger partial charge in [-0.25, -0.2) is 4.98 Å². The second-order valence-electron chi connectivity index (χ2n) is 4.85. The Balaban J connectivity index is 1.81. The normalized spacial score (nSPS) is 10.5. The van der Waals surface area contributed by atoms with Gasteiger partial charge in [-0.3, -0.25) is 10.1 Å². The minimum absolute atomic E-state index is 0.240. The first-order chi connectivity index (χ1) is 11.6. The van der Waals surface area contributed by atoms with Gasteiger partial charge in [0.25, 0.3) is 5.91 Å². The van der Waals surface area contributed by atoms with Crippen LogP contribution in [-0.4, -0.2) is 18.0 Å². The van der Waals surface area contributed by atoms with Gasteiger partial charge in [0, 0.05) is 19.9 Å². The van der Waals surface area contributed by atoms with Gasteiger partial charge in [-0.1, -0.05) is 28.1 Å². The number of rotatable bonds is 4. The molecule has 0 bridgehead atoms. The van der Waals surface area contributed by atoms with Crippen LogP contribution >= 0.6 is 43.2 Å². The number of carbonyl (C=O) groups is 1. The molecule has 24 heavy (non-hydrogen) atoms. The Morgan fingerprint density at radius 1 is 1.21 bits per heavy atom. The predicted octanol–water partition coefficient (Wildman–Crippen LogP) is 5.60. The third-order valence-corrected chi connectivity index (χ3v) is 5.21. The molecule has 3 aromatic rings. The minimum atomic E-state index is -0.240. The average Bonchev–Trinajstić information content (AvgIpc) is 3.03. The molecule has 3 rings (SSSR count). The van der Waals surface area contributed by atoms with Crippen LogP contribution in [0.3, 0.4) is 0 Å². The van der Waals surface area contributed by atoms with E-state index in [0.717, 1.165) is 15.7 Å². The highest BCUT2D eigenvalue weighted by Gasteiger charge is 2.14. The summed E-state index contributed by atoms with van der Waals surface area (Å²) in [6, 6.07) is 13.1. The van der Waals surface area contributed by atoms with E-state index in [9.17, 15) is 4.79 Å². The maximum absolute atomic E-state index is 12.5. The molecule has 0 saturated carbocycles. The SMILES string of the molecule is COc1ccc(Br)c(C(=O)Nc2nc(-c3cccc(Br)c3)cs2)c1. The second-order valence-corrected chi connectivity index (χ2v) is 7.48. The number of hydrogen-bond donors (Lipinski definition) is 1. The van der Waals surface area contributed by atoms with Crippen molar-refractivity contribution in [2.45, 2.75) is 0 Å². The molecule has 2 aromatic carbocycles. The number of halogens is 2. The lowest BCUT2D eigenvalue weighted by Gasteiger charge is -2.06. The van der Waals surface area contributed by atoms with Crippen LogP contribution in [-0.2, 0) is 0 Å². The summed E-state index contributed by atoms with van der Waals surface area (Å²) in [4.78, 5) is 16.9. The van der Waals surface area contributed by atoms with E-state index in [1.54, 1.807) is 25.3 Å². The smallest absolute Gasteiger partial charge is 0.258 e. The number of nitrogens with one attached hydrogen (secondary N) is 1. The topological polar surface area (TPSA) is 51.2 Å². The highest BCUT2D eigenvalue weighted by Crippen LogP contribution is 2.28. The van der Waals surface area contributed by atoms with Gasteiger partial charge in [-0.2, -0.15) is 0 Å². The molecule has 0 fully saturated rings. The molecule has 122 valence electrons. The van der Waals surface area contributed by atoms with Crippen LogP contribution < -0.4 is 10.1 Å². The number of nitrogens with zero attached hydrogens (tertiary/aromatic N) is 1. The molecule has 1 heterocycles. The van der Waals surface area contributed by atoms with E-state index >= 15 is 0 Å². The Morgan fingerprint density at radius 2 is 2.04 bits per heavy atom. The van der Waals surface area contributed by atoms with Crippen molar-refractivity contribution in [3.63, 3.8) is 0 Å². The van der Waals surface area contributed by atoms with Gasteiger partial charge >= 0.3 is 0 Å². The van der Waals surface area contributed by atoms with Crippen molar-refractivity contribution in [3.8, 4) is 17.0 Å². The Bertz CT molecular complexity index is 896. The monoisotopic (exact) mass is 466 g/mol. The highest BCUT2D eigenvalue weighted by atomic mass is 79.9. The van der Waals surface area contributed by atoms with Gasteiger partial charge < -0.3 is 4.74 Å². The van der Waals surface area contributed by atoms with E-state index in [1.807, 2.05) is 29.6 Å². The van der Waals surface area contributed by atoms with Gasteiger partial charge in [0.2, 0.25) is 0 Å². The fraction of sp³-hybridized carbons (Fsp3) is 0.0588. The molecule has 0 radical (unpaired) electrons. The zero-order valence-electron chi connectivity index (χ0n) is 12.5. The van der Waals surface area contributed by atoms with Gasteiger partial charge in [0.15, 0.2) is 5.13 Å². The van der Waals surface area contributed by atoms with Gasteiger partial charge in [-0.05, 0) is 46.3 Å². The van der Waals surface area contributed by atoms with E-state index in [0.29, 0.717) is 20.9 Å². The third kappa shape index (κ3) is 3.85. The lowest BCUT2D eigenvalue weighted by atomic mass is 10.2. The predicted molar refractivity (Wildman–Crippen MR) is 104 cm³/mol. The standard InChI is InChI=1S/C17H12Br2N2O2S/c1-23-12-5-6-14(19)13(8-12)16(22)21-17-20-15(9-24-17)10-3-2-4-11(18)7-10/h2-9H,1H3,(H,20,21,22). The Kier molecular flexibility index (Phi) is 5.33. The summed E-state index contributed by atoms with van der Waals surface area (Å²) in [5, 5.41) is 5.29. The minimum Gasteiger partial charge on any atom is -0.497 e. The summed E-state index contributed by atoms with van der Waals surface area (Å²) in [7, 11) is 1.57. The van der Waals surface area contributed by atoms with Gasteiger partial charge in [0.05, 0.1) is 18.4 Å². The maximum Gasteiger partial charge on any atom is 0.258 e. The van der Waals surface area contributed by atoms with Gasteiger partial charge in [0.1, 0.15) is 5.75 Å². The first kappa shape index (κ1) is 17.1. The summed E-state index contributed by atoms with van der Waals surface area (Å²) in [5.41, 5.74) is 2.30. The molecule has 0 unspecified atom stereocenters. The molecule has 0 aliphatic carbocycles. The van der Waals surface area contributed by atoms with Crippen molar-refractivity contribution in [2.24, 2.45) is 0 Å². The van der Waals surface area contributed by atoms with E-state index in [2.05, 4.69) is 42.2 Å². The van der Waals surface area contributed by atoms with Gasteiger partial charge in [-0.15, -0.1) is 11.3 Å². The van der Waals surface area contributed by atoms with Crippen molar-refractivity contribution in [2.75, 3.05) is 12.4 Å². The fourth-order valence-electron chi connectivity index (χ4n) is 2.08. The van der Waals surface area contributed by atoms with Crippen molar-refractivity contribution < 1.29 is 9.53 Å². The van der Waals surface area contributed by atoms with E-state index in [1.165, 1.54) is 11.3 Å². The summed E-state index contributed by atoms with van der Waals surface area (Å²) < 4.78 is 6.85. The number of amides is 1. The maximum atomic E-state index is 12.5. The number of anilines is 1. The largest absolute Gasteiger partial charge is 0.497 e. The molecule has 0 spiro atoms. The number of benzene rings is 2. The lowest BCUT2D eigenvalue weighted by molar-refractivity contribution is 0.102. The highest BCUT2D eigenvalue weighted by molar-refractivity contribution is 9.10. The summed E-state index contributed by atoms with van der Waals surface area (Å²) >= 11 is 8.22. The summed E-state index contributed by atoms with van der Waals surface area (Å²) in [6.45, 7) is 0. The number of ether oxygens (including phenoxy) is 1. The number of hydrogen-bond acceptors (Lipinski definition) is 4. The van der Waals surface area contributed by atoms with Crippen LogP contribution in [0.5, 0.6) is 5.75 Å². The second kappa shape index (κ2) is 7.46. The molecule has 0 aliphatic rings. The first-order valence-electron chi connectivity index (χ1n) is 6.93. The number of methoxy groups -OCH3 is 1. The van der Waals surface area contributed by atoms with Crippen molar-refractivity contribution in [1.82, 2.24) is 4.98 Å². The van der Waals surface area contributed by atoms with Crippen LogP contribution in [0.4, 0.5) is 5.13 Å². The van der Waals surface area contributed by atoms with Crippen LogP contribution in [0, 0.1) is 0 Å². The van der Waals surface area contributed by atoms with Crippen LogP contribution in [0.25, 0.3) is 11.3 Å². The number of aromatic nitrogens is 1. The summed E-state index contributed by atoms with van der Waals surface area (Å²) in [5.74, 6) is 0.383. The number of carbonyl (C=O) groups excluding carboxylic acids is 1. The molecule has 4 nitrogen and oxygen atoms in total. The molecular formula is C17H12Br2N2O2S.